The van der Waals surface area contributed by atoms with Gasteiger partial charge in [-0.25, -0.2) is 0 Å². The average Bonchev–Trinajstić information content (AvgIpc) is 2.35. The van der Waals surface area contributed by atoms with Crippen molar-refractivity contribution in [2.45, 2.75) is 20.8 Å². The van der Waals surface area contributed by atoms with E-state index in [-0.39, 0.29) is 5.41 Å². The second kappa shape index (κ2) is 3.85. The molecular weight excluding hydrogens is 202 g/mol. The second-order valence-electron chi connectivity index (χ2n) is 3.92. The first-order valence-electron chi connectivity index (χ1n) is 4.13. The molecule has 0 amide bonds. The van der Waals surface area contributed by atoms with Crippen molar-refractivity contribution in [3.63, 3.8) is 0 Å². The first kappa shape index (κ1) is 10.8. The summed E-state index contributed by atoms with van der Waals surface area (Å²) in [4.78, 5) is 0. The van der Waals surface area contributed by atoms with Gasteiger partial charge in [0.1, 0.15) is 0 Å². The maximum absolute atomic E-state index is 11.5. The van der Waals surface area contributed by atoms with Gasteiger partial charge in [-0.3, -0.25) is 4.21 Å². The van der Waals surface area contributed by atoms with Gasteiger partial charge in [-0.1, -0.05) is 20.8 Å². The molecule has 1 atom stereocenters. The predicted molar refractivity (Wildman–Crippen MR) is 57.6 cm³/mol. The Morgan fingerprint density at radius 1 is 1.62 bits per heavy atom. The fourth-order valence-corrected chi connectivity index (χ4v) is 4.49. The van der Waals surface area contributed by atoms with E-state index in [9.17, 15) is 4.21 Å². The molecule has 1 aliphatic rings. The quantitative estimate of drug-likeness (QED) is 0.582. The van der Waals surface area contributed by atoms with Crippen molar-refractivity contribution < 1.29 is 4.21 Å². The molecule has 0 saturated carbocycles. The minimum atomic E-state index is -0.917. The molecule has 2 nitrogen and oxygen atoms in total. The third kappa shape index (κ3) is 2.35. The van der Waals surface area contributed by atoms with Gasteiger partial charge in [0.15, 0.2) is 0 Å². The summed E-state index contributed by atoms with van der Waals surface area (Å²) in [5.74, 6) is 1.57. The van der Waals surface area contributed by atoms with Crippen molar-refractivity contribution in [2.75, 3.05) is 11.5 Å². The average molecular weight is 215 g/mol. The van der Waals surface area contributed by atoms with E-state index in [1.807, 2.05) is 20.8 Å². The highest BCUT2D eigenvalue weighted by atomic mass is 32.2. The van der Waals surface area contributed by atoms with Crippen molar-refractivity contribution in [1.29, 1.82) is 5.26 Å². The zero-order valence-electron chi connectivity index (χ0n) is 8.09. The SMILES string of the molecule is CC(C)(C)/C(C#N)=C1/SCCS1=O. The van der Waals surface area contributed by atoms with Crippen molar-refractivity contribution in [3.05, 3.63) is 9.81 Å². The number of hydrogen-bond acceptors (Lipinski definition) is 3. The van der Waals surface area contributed by atoms with E-state index < -0.39 is 10.8 Å². The Kier molecular flexibility index (Phi) is 3.20. The van der Waals surface area contributed by atoms with Gasteiger partial charge >= 0.3 is 0 Å². The van der Waals surface area contributed by atoms with E-state index in [0.717, 1.165) is 9.99 Å². The predicted octanol–water partition coefficient (Wildman–Crippen LogP) is 2.26. The Labute approximate surface area is 85.9 Å². The molecule has 0 aliphatic carbocycles. The van der Waals surface area contributed by atoms with E-state index in [1.165, 1.54) is 0 Å². The van der Waals surface area contributed by atoms with Crippen LogP contribution in [0.1, 0.15) is 20.8 Å². The Balaban J connectivity index is 3.14. The Morgan fingerprint density at radius 2 is 2.23 bits per heavy atom. The van der Waals surface area contributed by atoms with Crippen molar-refractivity contribution in [1.82, 2.24) is 0 Å². The molecule has 0 spiro atoms. The van der Waals surface area contributed by atoms with Crippen LogP contribution in [-0.4, -0.2) is 15.7 Å². The van der Waals surface area contributed by atoms with Crippen molar-refractivity contribution in [3.8, 4) is 6.07 Å². The number of allylic oxidation sites excluding steroid dienone is 1. The maximum atomic E-state index is 11.5. The molecule has 1 fully saturated rings. The van der Waals surface area contributed by atoms with Gasteiger partial charge in [-0.15, -0.1) is 11.8 Å². The number of hydrogen-bond donors (Lipinski definition) is 0. The van der Waals surface area contributed by atoms with Gasteiger partial charge in [0.2, 0.25) is 0 Å². The minimum Gasteiger partial charge on any atom is -0.254 e. The van der Waals surface area contributed by atoms with E-state index in [0.29, 0.717) is 11.3 Å². The molecule has 0 aromatic carbocycles. The highest BCUT2D eigenvalue weighted by Crippen LogP contribution is 2.37. The first-order chi connectivity index (χ1) is 5.96. The monoisotopic (exact) mass is 215 g/mol. The molecule has 1 aliphatic heterocycles. The second-order valence-corrected chi connectivity index (χ2v) is 6.79. The molecule has 0 bridgehead atoms. The summed E-state index contributed by atoms with van der Waals surface area (Å²) >= 11 is 1.57. The van der Waals surface area contributed by atoms with Gasteiger partial charge in [0, 0.05) is 11.5 Å². The molecular formula is C9H13NOS2. The van der Waals surface area contributed by atoms with Crippen molar-refractivity contribution in [2.24, 2.45) is 5.41 Å². The Bertz CT molecular complexity index is 307. The summed E-state index contributed by atoms with van der Waals surface area (Å²) in [7, 11) is -0.917. The smallest absolute Gasteiger partial charge is 0.0971 e. The van der Waals surface area contributed by atoms with Crippen LogP contribution in [0.2, 0.25) is 0 Å². The number of thioether (sulfide) groups is 1. The van der Waals surface area contributed by atoms with Gasteiger partial charge in [0.05, 0.1) is 26.7 Å². The van der Waals surface area contributed by atoms with Crippen LogP contribution >= 0.6 is 11.8 Å². The topological polar surface area (TPSA) is 40.9 Å². The van der Waals surface area contributed by atoms with Gasteiger partial charge in [-0.2, -0.15) is 5.26 Å². The lowest BCUT2D eigenvalue weighted by molar-refractivity contribution is 0.520. The minimum absolute atomic E-state index is 0.183. The molecule has 0 radical (unpaired) electrons. The third-order valence-corrected chi connectivity index (χ3v) is 5.01. The number of nitriles is 1. The van der Waals surface area contributed by atoms with Gasteiger partial charge in [0.25, 0.3) is 0 Å². The van der Waals surface area contributed by atoms with Crippen LogP contribution in [0.15, 0.2) is 9.81 Å². The fourth-order valence-electron chi connectivity index (χ4n) is 1.07. The lowest BCUT2D eigenvalue weighted by atomic mass is 9.88. The lowest BCUT2D eigenvalue weighted by Crippen LogP contribution is -2.10. The summed E-state index contributed by atoms with van der Waals surface area (Å²) in [5, 5.41) is 8.98. The Hall–Kier alpha value is -0.270. The first-order valence-corrected chi connectivity index (χ1v) is 6.43. The maximum Gasteiger partial charge on any atom is 0.0971 e. The molecule has 0 N–H and O–H groups in total. The van der Waals surface area contributed by atoms with E-state index in [4.69, 9.17) is 5.26 Å². The molecule has 4 heteroatoms. The zero-order chi connectivity index (χ0) is 10.1. The highest BCUT2D eigenvalue weighted by Gasteiger charge is 2.27. The molecule has 72 valence electrons. The van der Waals surface area contributed by atoms with Crippen LogP contribution in [0.25, 0.3) is 0 Å². The van der Waals surface area contributed by atoms with Gasteiger partial charge in [-0.05, 0) is 5.41 Å². The molecule has 13 heavy (non-hydrogen) atoms. The Morgan fingerprint density at radius 3 is 2.54 bits per heavy atom. The van der Waals surface area contributed by atoms with Crippen LogP contribution in [0.5, 0.6) is 0 Å². The molecule has 0 aromatic rings. The van der Waals surface area contributed by atoms with Crippen LogP contribution in [0, 0.1) is 16.7 Å². The lowest BCUT2D eigenvalue weighted by Gasteiger charge is -2.18. The molecule has 1 rings (SSSR count). The van der Waals surface area contributed by atoms with Gasteiger partial charge < -0.3 is 0 Å². The zero-order valence-corrected chi connectivity index (χ0v) is 9.72. The molecule has 1 saturated heterocycles. The van der Waals surface area contributed by atoms with E-state index in [2.05, 4.69) is 6.07 Å². The summed E-state index contributed by atoms with van der Waals surface area (Å²) in [6.07, 6.45) is 0. The fraction of sp³-hybridized carbons (Fsp3) is 0.667. The molecule has 1 unspecified atom stereocenters. The summed E-state index contributed by atoms with van der Waals surface area (Å²) in [5.41, 5.74) is 0.505. The number of nitrogens with zero attached hydrogens (tertiary/aromatic N) is 1. The summed E-state index contributed by atoms with van der Waals surface area (Å²) < 4.78 is 12.3. The van der Waals surface area contributed by atoms with Crippen LogP contribution in [0.3, 0.4) is 0 Å². The highest BCUT2D eigenvalue weighted by molar-refractivity contribution is 8.19. The van der Waals surface area contributed by atoms with Crippen LogP contribution in [0.4, 0.5) is 0 Å². The van der Waals surface area contributed by atoms with Crippen LogP contribution in [-0.2, 0) is 10.8 Å². The van der Waals surface area contributed by atoms with Crippen molar-refractivity contribution >= 4 is 22.6 Å². The largest absolute Gasteiger partial charge is 0.254 e. The summed E-state index contributed by atoms with van der Waals surface area (Å²) in [6, 6.07) is 2.18. The normalized spacial score (nSPS) is 27.1. The standard InChI is InChI=1S/C9H13NOS2/c1-9(2,3)7(6-10)8-12-4-5-13(8)11/h4-5H2,1-3H3/b8-7-. The van der Waals surface area contributed by atoms with Crippen LogP contribution < -0.4 is 0 Å². The number of rotatable bonds is 0. The van der Waals surface area contributed by atoms with E-state index in [1.54, 1.807) is 11.8 Å². The summed E-state index contributed by atoms with van der Waals surface area (Å²) in [6.45, 7) is 5.94. The third-order valence-electron chi connectivity index (χ3n) is 1.77. The molecule has 1 heterocycles. The van der Waals surface area contributed by atoms with E-state index >= 15 is 0 Å². The molecule has 0 aromatic heterocycles.